The molecule has 1 fully saturated rings. The minimum absolute atomic E-state index is 0.100. The SMILES string of the molecule is Cc1cc(C(=O)Oc2cccc(N3CCCC3=O)c2)nn1C(C)(C)C. The summed E-state index contributed by atoms with van der Waals surface area (Å²) in [5.74, 6) is 0.00387. The number of ether oxygens (including phenoxy) is 1. The van der Waals surface area contributed by atoms with E-state index < -0.39 is 5.97 Å². The van der Waals surface area contributed by atoms with E-state index in [0.717, 1.165) is 17.8 Å². The lowest BCUT2D eigenvalue weighted by molar-refractivity contribution is -0.117. The predicted molar refractivity (Wildman–Crippen MR) is 94.9 cm³/mol. The van der Waals surface area contributed by atoms with Crippen LogP contribution in [0.15, 0.2) is 30.3 Å². The molecule has 1 aromatic heterocycles. The number of carbonyl (C=O) groups is 2. The number of amides is 1. The number of esters is 1. The van der Waals surface area contributed by atoms with Crippen molar-refractivity contribution >= 4 is 17.6 Å². The highest BCUT2D eigenvalue weighted by Crippen LogP contribution is 2.26. The Morgan fingerprint density at radius 1 is 1.24 bits per heavy atom. The topological polar surface area (TPSA) is 64.4 Å². The number of rotatable bonds is 3. The van der Waals surface area contributed by atoms with E-state index in [1.165, 1.54) is 0 Å². The fourth-order valence-corrected chi connectivity index (χ4v) is 3.05. The second-order valence-corrected chi connectivity index (χ2v) is 7.29. The van der Waals surface area contributed by atoms with Gasteiger partial charge in [-0.1, -0.05) is 6.07 Å². The summed E-state index contributed by atoms with van der Waals surface area (Å²) >= 11 is 0. The van der Waals surface area contributed by atoms with Gasteiger partial charge in [0.2, 0.25) is 5.91 Å². The van der Waals surface area contributed by atoms with E-state index in [1.807, 2.05) is 38.4 Å². The maximum atomic E-state index is 12.4. The largest absolute Gasteiger partial charge is 0.422 e. The van der Waals surface area contributed by atoms with Gasteiger partial charge in [-0.25, -0.2) is 4.79 Å². The van der Waals surface area contributed by atoms with Gasteiger partial charge in [0.25, 0.3) is 0 Å². The summed E-state index contributed by atoms with van der Waals surface area (Å²) in [5.41, 5.74) is 1.72. The number of nitrogens with zero attached hydrogens (tertiary/aromatic N) is 3. The molecule has 1 amide bonds. The fraction of sp³-hybridized carbons (Fsp3) is 0.421. The zero-order chi connectivity index (χ0) is 18.2. The maximum absolute atomic E-state index is 12.4. The second kappa shape index (κ2) is 6.35. The standard InChI is InChI=1S/C19H23N3O3/c1-13-11-16(20-22(13)19(2,3)4)18(24)25-15-8-5-7-14(12-15)21-10-6-9-17(21)23/h5,7-8,11-12H,6,9-10H2,1-4H3. The Kier molecular flexibility index (Phi) is 4.37. The van der Waals surface area contributed by atoms with Crippen LogP contribution in [0.2, 0.25) is 0 Å². The molecule has 0 radical (unpaired) electrons. The number of hydrogen-bond donors (Lipinski definition) is 0. The van der Waals surface area contributed by atoms with Crippen molar-refractivity contribution in [1.82, 2.24) is 9.78 Å². The first kappa shape index (κ1) is 17.2. The molecule has 2 aromatic rings. The summed E-state index contributed by atoms with van der Waals surface area (Å²) in [6, 6.07) is 8.77. The van der Waals surface area contributed by atoms with E-state index >= 15 is 0 Å². The Bertz CT molecular complexity index is 818. The van der Waals surface area contributed by atoms with Gasteiger partial charge in [0.15, 0.2) is 5.69 Å². The molecule has 1 aliphatic heterocycles. The Morgan fingerprint density at radius 2 is 2.00 bits per heavy atom. The van der Waals surface area contributed by atoms with Crippen LogP contribution in [0.1, 0.15) is 49.8 Å². The van der Waals surface area contributed by atoms with Gasteiger partial charge in [-0.15, -0.1) is 0 Å². The summed E-state index contributed by atoms with van der Waals surface area (Å²) < 4.78 is 7.27. The van der Waals surface area contributed by atoms with E-state index in [9.17, 15) is 9.59 Å². The monoisotopic (exact) mass is 341 g/mol. The molecule has 0 saturated carbocycles. The number of carbonyl (C=O) groups excluding carboxylic acids is 2. The van der Waals surface area contributed by atoms with Crippen molar-refractivity contribution in [1.29, 1.82) is 0 Å². The first-order valence-corrected chi connectivity index (χ1v) is 8.45. The molecular weight excluding hydrogens is 318 g/mol. The summed E-state index contributed by atoms with van der Waals surface area (Å²) in [6.07, 6.45) is 1.42. The third kappa shape index (κ3) is 3.57. The summed E-state index contributed by atoms with van der Waals surface area (Å²) in [7, 11) is 0. The van der Waals surface area contributed by atoms with Gasteiger partial charge >= 0.3 is 5.97 Å². The van der Waals surface area contributed by atoms with Gasteiger partial charge in [-0.2, -0.15) is 5.10 Å². The average Bonchev–Trinajstić information content (AvgIpc) is 3.13. The Labute approximate surface area is 147 Å². The van der Waals surface area contributed by atoms with E-state index in [-0.39, 0.29) is 17.1 Å². The zero-order valence-electron chi connectivity index (χ0n) is 15.1. The second-order valence-electron chi connectivity index (χ2n) is 7.29. The molecular formula is C19H23N3O3. The van der Waals surface area contributed by atoms with E-state index in [4.69, 9.17) is 4.74 Å². The van der Waals surface area contributed by atoms with Crippen molar-refractivity contribution in [3.8, 4) is 5.75 Å². The number of aromatic nitrogens is 2. The van der Waals surface area contributed by atoms with Crippen molar-refractivity contribution in [2.24, 2.45) is 0 Å². The first-order chi connectivity index (χ1) is 11.8. The molecule has 1 saturated heterocycles. The van der Waals surface area contributed by atoms with Crippen LogP contribution in [0.5, 0.6) is 5.75 Å². The van der Waals surface area contributed by atoms with Crippen LogP contribution in [-0.4, -0.2) is 28.2 Å². The first-order valence-electron chi connectivity index (χ1n) is 8.45. The molecule has 0 spiro atoms. The maximum Gasteiger partial charge on any atom is 0.364 e. The van der Waals surface area contributed by atoms with Crippen molar-refractivity contribution in [2.45, 2.75) is 46.1 Å². The van der Waals surface area contributed by atoms with Crippen LogP contribution < -0.4 is 9.64 Å². The molecule has 0 bridgehead atoms. The lowest BCUT2D eigenvalue weighted by Gasteiger charge is -2.21. The molecule has 132 valence electrons. The highest BCUT2D eigenvalue weighted by atomic mass is 16.5. The molecule has 0 N–H and O–H groups in total. The van der Waals surface area contributed by atoms with Crippen LogP contribution in [0.3, 0.4) is 0 Å². The Balaban J connectivity index is 1.79. The lowest BCUT2D eigenvalue weighted by Crippen LogP contribution is -2.25. The quantitative estimate of drug-likeness (QED) is 0.635. The van der Waals surface area contributed by atoms with Gasteiger partial charge in [0.05, 0.1) is 5.54 Å². The average molecular weight is 341 g/mol. The normalized spacial score (nSPS) is 14.9. The minimum atomic E-state index is -0.504. The number of aryl methyl sites for hydroxylation is 1. The smallest absolute Gasteiger partial charge is 0.364 e. The highest BCUT2D eigenvalue weighted by molar-refractivity contribution is 5.95. The summed E-state index contributed by atoms with van der Waals surface area (Å²) in [5, 5.41) is 4.37. The van der Waals surface area contributed by atoms with Crippen molar-refractivity contribution in [2.75, 3.05) is 11.4 Å². The van der Waals surface area contributed by atoms with E-state index in [1.54, 1.807) is 29.2 Å². The molecule has 1 aliphatic rings. The molecule has 0 unspecified atom stereocenters. The molecule has 2 heterocycles. The van der Waals surface area contributed by atoms with Gasteiger partial charge < -0.3 is 9.64 Å². The number of hydrogen-bond acceptors (Lipinski definition) is 4. The highest BCUT2D eigenvalue weighted by Gasteiger charge is 2.23. The number of benzene rings is 1. The molecule has 6 nitrogen and oxygen atoms in total. The molecule has 0 aliphatic carbocycles. The Morgan fingerprint density at radius 3 is 2.60 bits per heavy atom. The Hall–Kier alpha value is -2.63. The predicted octanol–water partition coefficient (Wildman–Crippen LogP) is 3.29. The summed E-state index contributed by atoms with van der Waals surface area (Å²) in [6.45, 7) is 8.69. The van der Waals surface area contributed by atoms with Crippen LogP contribution in [0.25, 0.3) is 0 Å². The third-order valence-corrected chi connectivity index (χ3v) is 4.15. The molecule has 6 heteroatoms. The molecule has 0 atom stereocenters. The zero-order valence-corrected chi connectivity index (χ0v) is 15.1. The van der Waals surface area contributed by atoms with E-state index in [2.05, 4.69) is 5.10 Å². The minimum Gasteiger partial charge on any atom is -0.422 e. The van der Waals surface area contributed by atoms with Crippen LogP contribution in [-0.2, 0) is 10.3 Å². The third-order valence-electron chi connectivity index (χ3n) is 4.15. The van der Waals surface area contributed by atoms with Gasteiger partial charge in [-0.05, 0) is 52.3 Å². The molecule has 25 heavy (non-hydrogen) atoms. The van der Waals surface area contributed by atoms with Crippen LogP contribution in [0.4, 0.5) is 5.69 Å². The van der Waals surface area contributed by atoms with Crippen LogP contribution in [0, 0.1) is 6.92 Å². The number of anilines is 1. The van der Waals surface area contributed by atoms with Gasteiger partial charge in [0.1, 0.15) is 5.75 Å². The van der Waals surface area contributed by atoms with Gasteiger partial charge in [0, 0.05) is 30.4 Å². The van der Waals surface area contributed by atoms with Crippen LogP contribution >= 0.6 is 0 Å². The van der Waals surface area contributed by atoms with Crippen molar-refractivity contribution in [3.05, 3.63) is 41.7 Å². The fourth-order valence-electron chi connectivity index (χ4n) is 3.05. The molecule has 1 aromatic carbocycles. The summed E-state index contributed by atoms with van der Waals surface area (Å²) in [4.78, 5) is 26.0. The van der Waals surface area contributed by atoms with Crippen molar-refractivity contribution in [3.63, 3.8) is 0 Å². The van der Waals surface area contributed by atoms with Crippen molar-refractivity contribution < 1.29 is 14.3 Å². The lowest BCUT2D eigenvalue weighted by atomic mass is 10.1. The molecule has 3 rings (SSSR count). The van der Waals surface area contributed by atoms with E-state index in [0.29, 0.717) is 18.7 Å². The van der Waals surface area contributed by atoms with Gasteiger partial charge in [-0.3, -0.25) is 9.48 Å².